The van der Waals surface area contributed by atoms with Crippen LogP contribution in [0.3, 0.4) is 0 Å². The summed E-state index contributed by atoms with van der Waals surface area (Å²) in [6.45, 7) is 9.41. The lowest BCUT2D eigenvalue weighted by Crippen LogP contribution is -2.32. The molecule has 0 spiro atoms. The normalized spacial score (nSPS) is 22.9. The van der Waals surface area contributed by atoms with Crippen LogP contribution in [-0.2, 0) is 12.8 Å². The van der Waals surface area contributed by atoms with Crippen molar-refractivity contribution < 1.29 is 0 Å². The van der Waals surface area contributed by atoms with Crippen LogP contribution in [0.5, 0.6) is 0 Å². The minimum absolute atomic E-state index is 0.462. The van der Waals surface area contributed by atoms with E-state index in [0.29, 0.717) is 11.5 Å². The lowest BCUT2D eigenvalue weighted by atomic mass is 9.75. The lowest BCUT2D eigenvalue weighted by Gasteiger charge is -2.34. The van der Waals surface area contributed by atoms with Crippen molar-refractivity contribution in [3.8, 4) is 0 Å². The molecule has 1 heteroatoms. The second-order valence-electron chi connectivity index (χ2n) is 6.99. The molecular weight excluding hydrogens is 242 g/mol. The van der Waals surface area contributed by atoms with Gasteiger partial charge in [-0.25, -0.2) is 0 Å². The average Bonchev–Trinajstić information content (AvgIpc) is 2.79. The molecule has 0 heterocycles. The molecule has 1 aromatic rings. The molecule has 2 atom stereocenters. The molecule has 1 fully saturated rings. The van der Waals surface area contributed by atoms with Crippen molar-refractivity contribution >= 4 is 0 Å². The van der Waals surface area contributed by atoms with Crippen LogP contribution in [0.4, 0.5) is 0 Å². The summed E-state index contributed by atoms with van der Waals surface area (Å²) in [5, 5.41) is 3.60. The molecule has 2 unspecified atom stereocenters. The third-order valence-corrected chi connectivity index (χ3v) is 5.40. The molecule has 0 bridgehead atoms. The van der Waals surface area contributed by atoms with Gasteiger partial charge < -0.3 is 5.32 Å². The van der Waals surface area contributed by atoms with Crippen LogP contribution in [0.25, 0.3) is 0 Å². The minimum atomic E-state index is 0.462. The zero-order valence-corrected chi connectivity index (χ0v) is 13.9. The van der Waals surface area contributed by atoms with E-state index in [-0.39, 0.29) is 0 Å². The van der Waals surface area contributed by atoms with Crippen molar-refractivity contribution in [3.05, 3.63) is 34.9 Å². The Bertz CT molecular complexity index is 447. The second-order valence-corrected chi connectivity index (χ2v) is 6.99. The number of aryl methyl sites for hydroxylation is 2. The molecular formula is C19H31N. The number of nitrogens with one attached hydrogen (secondary N) is 1. The molecule has 2 rings (SSSR count). The Hall–Kier alpha value is -0.820. The number of hydrogen-bond acceptors (Lipinski definition) is 1. The van der Waals surface area contributed by atoms with Gasteiger partial charge in [-0.3, -0.25) is 0 Å². The maximum atomic E-state index is 3.60. The molecule has 1 N–H and O–H groups in total. The fourth-order valence-corrected chi connectivity index (χ4v) is 4.09. The van der Waals surface area contributed by atoms with Gasteiger partial charge in [0, 0.05) is 6.04 Å². The van der Waals surface area contributed by atoms with Crippen LogP contribution in [0.1, 0.15) is 69.7 Å². The summed E-state index contributed by atoms with van der Waals surface area (Å²) >= 11 is 0. The zero-order valence-electron chi connectivity index (χ0n) is 13.9. The first-order valence-electron chi connectivity index (χ1n) is 8.32. The maximum Gasteiger partial charge on any atom is 0.0351 e. The Labute approximate surface area is 125 Å². The second kappa shape index (κ2) is 6.30. The van der Waals surface area contributed by atoms with Crippen molar-refractivity contribution in [1.82, 2.24) is 5.32 Å². The van der Waals surface area contributed by atoms with Gasteiger partial charge in [0.05, 0.1) is 0 Å². The molecule has 0 radical (unpaired) electrons. The van der Waals surface area contributed by atoms with Crippen molar-refractivity contribution in [2.24, 2.45) is 11.3 Å². The molecule has 1 nitrogen and oxygen atoms in total. The number of hydrogen-bond donors (Lipinski definition) is 1. The fourth-order valence-electron chi connectivity index (χ4n) is 4.09. The maximum absolute atomic E-state index is 3.60. The molecule has 112 valence electrons. The van der Waals surface area contributed by atoms with Crippen LogP contribution in [-0.4, -0.2) is 7.05 Å². The van der Waals surface area contributed by atoms with E-state index in [1.54, 1.807) is 0 Å². The Morgan fingerprint density at radius 2 is 1.90 bits per heavy atom. The van der Waals surface area contributed by atoms with E-state index in [2.05, 4.69) is 58.3 Å². The van der Waals surface area contributed by atoms with E-state index < -0.39 is 0 Å². The molecule has 1 saturated carbocycles. The Morgan fingerprint density at radius 3 is 2.40 bits per heavy atom. The van der Waals surface area contributed by atoms with Gasteiger partial charge in [0.15, 0.2) is 0 Å². The summed E-state index contributed by atoms with van der Waals surface area (Å²) in [6, 6.07) is 7.66. The standard InChI is InChI=1S/C19H31N/c1-6-14-10-11-16(13-15(14)7-2)18(20-5)17-9-8-12-19(17,3)4/h10-11,13,17-18,20H,6-9,12H2,1-5H3. The van der Waals surface area contributed by atoms with Gasteiger partial charge in [0.2, 0.25) is 0 Å². The van der Waals surface area contributed by atoms with E-state index in [1.165, 1.54) is 36.0 Å². The minimum Gasteiger partial charge on any atom is -0.313 e. The summed E-state index contributed by atoms with van der Waals surface area (Å²) in [4.78, 5) is 0. The first-order valence-corrected chi connectivity index (χ1v) is 8.32. The van der Waals surface area contributed by atoms with Gasteiger partial charge in [0.1, 0.15) is 0 Å². The highest BCUT2D eigenvalue weighted by atomic mass is 14.9. The summed E-state index contributed by atoms with van der Waals surface area (Å²) in [7, 11) is 2.12. The predicted octanol–water partition coefficient (Wildman–Crippen LogP) is 4.90. The highest BCUT2D eigenvalue weighted by Crippen LogP contribution is 2.48. The van der Waals surface area contributed by atoms with Gasteiger partial charge in [-0.15, -0.1) is 0 Å². The third-order valence-electron chi connectivity index (χ3n) is 5.40. The predicted molar refractivity (Wildman–Crippen MR) is 88.1 cm³/mol. The Kier molecular flexibility index (Phi) is 4.90. The van der Waals surface area contributed by atoms with Crippen molar-refractivity contribution in [3.63, 3.8) is 0 Å². The smallest absolute Gasteiger partial charge is 0.0351 e. The molecule has 1 aromatic carbocycles. The fraction of sp³-hybridized carbons (Fsp3) is 0.684. The average molecular weight is 273 g/mol. The number of benzene rings is 1. The molecule has 1 aliphatic rings. The van der Waals surface area contributed by atoms with E-state index >= 15 is 0 Å². The van der Waals surface area contributed by atoms with Crippen LogP contribution in [0.2, 0.25) is 0 Å². The van der Waals surface area contributed by atoms with Crippen LogP contribution in [0, 0.1) is 11.3 Å². The van der Waals surface area contributed by atoms with Gasteiger partial charge >= 0.3 is 0 Å². The van der Waals surface area contributed by atoms with E-state index in [4.69, 9.17) is 0 Å². The molecule has 0 saturated heterocycles. The highest BCUT2D eigenvalue weighted by Gasteiger charge is 2.39. The van der Waals surface area contributed by atoms with Crippen LogP contribution < -0.4 is 5.32 Å². The van der Waals surface area contributed by atoms with Gasteiger partial charge in [-0.05, 0) is 60.8 Å². The monoisotopic (exact) mass is 273 g/mol. The largest absolute Gasteiger partial charge is 0.313 e. The first-order chi connectivity index (χ1) is 9.53. The van der Waals surface area contributed by atoms with Gasteiger partial charge in [-0.1, -0.05) is 52.3 Å². The van der Waals surface area contributed by atoms with Crippen LogP contribution >= 0.6 is 0 Å². The summed E-state index contributed by atoms with van der Waals surface area (Å²) in [6.07, 6.45) is 6.38. The van der Waals surface area contributed by atoms with E-state index in [1.807, 2.05) is 0 Å². The summed E-state index contributed by atoms with van der Waals surface area (Å²) in [5.41, 5.74) is 4.99. The highest BCUT2D eigenvalue weighted by molar-refractivity contribution is 5.34. The Balaban J connectivity index is 2.32. The first kappa shape index (κ1) is 15.6. The molecule has 0 aromatic heterocycles. The summed E-state index contributed by atoms with van der Waals surface area (Å²) in [5.74, 6) is 0.754. The molecule has 0 aliphatic heterocycles. The van der Waals surface area contributed by atoms with Gasteiger partial charge in [0.25, 0.3) is 0 Å². The summed E-state index contributed by atoms with van der Waals surface area (Å²) < 4.78 is 0. The lowest BCUT2D eigenvalue weighted by molar-refractivity contribution is 0.203. The Morgan fingerprint density at radius 1 is 1.20 bits per heavy atom. The third kappa shape index (κ3) is 2.93. The zero-order chi connectivity index (χ0) is 14.8. The topological polar surface area (TPSA) is 12.0 Å². The SMILES string of the molecule is CCc1ccc(C(NC)C2CCCC2(C)C)cc1CC. The van der Waals surface area contributed by atoms with Gasteiger partial charge in [-0.2, -0.15) is 0 Å². The quantitative estimate of drug-likeness (QED) is 0.804. The number of rotatable bonds is 5. The molecule has 0 amide bonds. The van der Waals surface area contributed by atoms with Crippen molar-refractivity contribution in [2.45, 2.75) is 65.8 Å². The van der Waals surface area contributed by atoms with Crippen molar-refractivity contribution in [1.29, 1.82) is 0 Å². The van der Waals surface area contributed by atoms with Crippen molar-refractivity contribution in [2.75, 3.05) is 7.05 Å². The van der Waals surface area contributed by atoms with E-state index in [9.17, 15) is 0 Å². The molecule has 1 aliphatic carbocycles. The van der Waals surface area contributed by atoms with E-state index in [0.717, 1.165) is 18.8 Å². The van der Waals surface area contributed by atoms with Crippen LogP contribution in [0.15, 0.2) is 18.2 Å². The molecule has 20 heavy (non-hydrogen) atoms.